The number of hydrogen-bond donors (Lipinski definition) is 0. The molecule has 0 saturated carbocycles. The number of pyridine rings is 3. The average molecular weight is 509 g/mol. The van der Waals surface area contributed by atoms with Gasteiger partial charge in [0.1, 0.15) is 5.82 Å². The number of fused-ring (bicyclic) bond motifs is 1. The van der Waals surface area contributed by atoms with Crippen molar-refractivity contribution in [3.05, 3.63) is 85.3 Å². The molecule has 1 aliphatic rings. The highest BCUT2D eigenvalue weighted by atomic mass is 19.1. The van der Waals surface area contributed by atoms with Gasteiger partial charge in [-0.3, -0.25) is 9.67 Å². The second-order valence-corrected chi connectivity index (χ2v) is 9.65. The molecule has 0 atom stereocenters. The number of aromatic nitrogens is 5. The van der Waals surface area contributed by atoms with Crippen LogP contribution in [0.2, 0.25) is 0 Å². The van der Waals surface area contributed by atoms with E-state index in [1.807, 2.05) is 42.9 Å². The van der Waals surface area contributed by atoms with Crippen LogP contribution < -0.4 is 0 Å². The van der Waals surface area contributed by atoms with Gasteiger partial charge >= 0.3 is 0 Å². The molecule has 0 bridgehead atoms. The first kappa shape index (κ1) is 24.3. The Kier molecular flexibility index (Phi) is 6.90. The van der Waals surface area contributed by atoms with Crippen molar-refractivity contribution in [1.29, 1.82) is 0 Å². The molecule has 0 spiro atoms. The Balaban J connectivity index is 1.31. The Morgan fingerprint density at radius 3 is 2.63 bits per heavy atom. The van der Waals surface area contributed by atoms with Crippen LogP contribution in [0.25, 0.3) is 44.5 Å². The quantitative estimate of drug-likeness (QED) is 0.283. The van der Waals surface area contributed by atoms with Crippen molar-refractivity contribution >= 4 is 11.0 Å². The van der Waals surface area contributed by atoms with E-state index >= 15 is 0 Å². The van der Waals surface area contributed by atoms with Crippen molar-refractivity contribution in [2.45, 2.75) is 18.9 Å². The van der Waals surface area contributed by atoms with E-state index in [0.717, 1.165) is 66.7 Å². The molecule has 5 aromatic rings. The molecule has 6 rings (SSSR count). The van der Waals surface area contributed by atoms with Crippen LogP contribution in [0.3, 0.4) is 0 Å². The lowest BCUT2D eigenvalue weighted by Crippen LogP contribution is -2.36. The summed E-state index contributed by atoms with van der Waals surface area (Å²) in [6.45, 7) is 3.84. The SMILES string of the molecule is COCCN1CCC(n2cc(-c3cncc(-c4cc(-c5ccccc5F)nc5ncccc45)c3)cn2)CC1. The van der Waals surface area contributed by atoms with Gasteiger partial charge in [0.05, 0.1) is 24.5 Å². The molecular formula is C30H29FN6O. The fourth-order valence-electron chi connectivity index (χ4n) is 5.16. The fraction of sp³-hybridized carbons (Fsp3) is 0.267. The second-order valence-electron chi connectivity index (χ2n) is 9.65. The van der Waals surface area contributed by atoms with Crippen LogP contribution in [0.15, 0.2) is 79.5 Å². The number of piperidine rings is 1. The molecule has 1 saturated heterocycles. The zero-order valence-electron chi connectivity index (χ0n) is 21.3. The molecule has 0 aliphatic carbocycles. The summed E-state index contributed by atoms with van der Waals surface area (Å²) < 4.78 is 22.0. The van der Waals surface area contributed by atoms with Crippen molar-refractivity contribution in [2.24, 2.45) is 0 Å². The molecule has 4 aromatic heterocycles. The van der Waals surface area contributed by atoms with Gasteiger partial charge in [-0.15, -0.1) is 0 Å². The summed E-state index contributed by atoms with van der Waals surface area (Å²) in [4.78, 5) is 16.1. The third kappa shape index (κ3) is 4.92. The van der Waals surface area contributed by atoms with E-state index in [1.54, 1.807) is 25.4 Å². The predicted molar refractivity (Wildman–Crippen MR) is 146 cm³/mol. The van der Waals surface area contributed by atoms with E-state index in [4.69, 9.17) is 9.84 Å². The fourth-order valence-corrected chi connectivity index (χ4v) is 5.16. The summed E-state index contributed by atoms with van der Waals surface area (Å²) >= 11 is 0. The summed E-state index contributed by atoms with van der Waals surface area (Å²) in [5.74, 6) is -0.315. The number of likely N-dealkylation sites (tertiary alicyclic amines) is 1. The summed E-state index contributed by atoms with van der Waals surface area (Å²) in [6.07, 6.45) is 11.6. The number of benzene rings is 1. The highest BCUT2D eigenvalue weighted by Crippen LogP contribution is 2.34. The minimum atomic E-state index is -0.315. The first-order valence-electron chi connectivity index (χ1n) is 12.9. The van der Waals surface area contributed by atoms with Gasteiger partial charge < -0.3 is 9.64 Å². The molecule has 1 aromatic carbocycles. The van der Waals surface area contributed by atoms with E-state index < -0.39 is 0 Å². The topological polar surface area (TPSA) is 69.0 Å². The summed E-state index contributed by atoms with van der Waals surface area (Å²) in [5.41, 5.74) is 5.38. The van der Waals surface area contributed by atoms with Crippen molar-refractivity contribution < 1.29 is 9.13 Å². The van der Waals surface area contributed by atoms with E-state index in [9.17, 15) is 4.39 Å². The van der Waals surface area contributed by atoms with Crippen LogP contribution in [0.4, 0.5) is 4.39 Å². The standard InChI is InChI=1S/C30H29FN6O/c1-38-14-13-36-11-8-24(9-12-36)37-20-23(19-34-37)21-15-22(18-32-17-21)27-16-29(26-5-2-3-7-28(26)31)35-30-25(27)6-4-10-33-30/h2-7,10,15-20,24H,8-9,11-14H2,1H3. The van der Waals surface area contributed by atoms with Crippen molar-refractivity contribution in [3.8, 4) is 33.5 Å². The Hall–Kier alpha value is -4.01. The van der Waals surface area contributed by atoms with E-state index in [0.29, 0.717) is 22.9 Å². The Labute approximate surface area is 221 Å². The molecule has 0 amide bonds. The highest BCUT2D eigenvalue weighted by Gasteiger charge is 2.21. The molecule has 5 heterocycles. The van der Waals surface area contributed by atoms with Gasteiger partial charge in [0.2, 0.25) is 0 Å². The van der Waals surface area contributed by atoms with E-state index in [1.165, 1.54) is 6.07 Å². The molecule has 38 heavy (non-hydrogen) atoms. The maximum absolute atomic E-state index is 14.6. The molecule has 7 nitrogen and oxygen atoms in total. The molecule has 0 unspecified atom stereocenters. The first-order chi connectivity index (χ1) is 18.7. The van der Waals surface area contributed by atoms with Crippen molar-refractivity contribution in [1.82, 2.24) is 29.6 Å². The summed E-state index contributed by atoms with van der Waals surface area (Å²) in [6, 6.07) is 15.0. The maximum atomic E-state index is 14.6. The van der Waals surface area contributed by atoms with Crippen LogP contribution in [0, 0.1) is 5.82 Å². The lowest BCUT2D eigenvalue weighted by atomic mass is 9.99. The third-order valence-corrected chi connectivity index (χ3v) is 7.26. The average Bonchev–Trinajstić information content (AvgIpc) is 3.47. The second kappa shape index (κ2) is 10.8. The van der Waals surface area contributed by atoms with Crippen LogP contribution in [-0.4, -0.2) is 63.0 Å². The molecule has 192 valence electrons. The van der Waals surface area contributed by atoms with Crippen LogP contribution >= 0.6 is 0 Å². The highest BCUT2D eigenvalue weighted by molar-refractivity contribution is 5.95. The van der Waals surface area contributed by atoms with Crippen LogP contribution in [0.5, 0.6) is 0 Å². The number of rotatable bonds is 7. The minimum Gasteiger partial charge on any atom is -0.383 e. The number of nitrogens with zero attached hydrogens (tertiary/aromatic N) is 6. The monoisotopic (exact) mass is 508 g/mol. The smallest absolute Gasteiger partial charge is 0.160 e. The minimum absolute atomic E-state index is 0.315. The lowest BCUT2D eigenvalue weighted by molar-refractivity contribution is 0.119. The Morgan fingerprint density at radius 1 is 0.947 bits per heavy atom. The predicted octanol–water partition coefficient (Wildman–Crippen LogP) is 5.64. The number of ether oxygens (including phenoxy) is 1. The van der Waals surface area contributed by atoms with E-state index in [-0.39, 0.29) is 5.82 Å². The molecule has 0 radical (unpaired) electrons. The largest absolute Gasteiger partial charge is 0.383 e. The maximum Gasteiger partial charge on any atom is 0.160 e. The molecular weight excluding hydrogens is 479 g/mol. The Morgan fingerprint density at radius 2 is 1.79 bits per heavy atom. The molecule has 0 N–H and O–H groups in total. The number of hydrogen-bond acceptors (Lipinski definition) is 6. The number of methoxy groups -OCH3 is 1. The van der Waals surface area contributed by atoms with Crippen LogP contribution in [0.1, 0.15) is 18.9 Å². The molecule has 8 heteroatoms. The number of halogens is 1. The van der Waals surface area contributed by atoms with Gasteiger partial charge in [-0.2, -0.15) is 5.10 Å². The van der Waals surface area contributed by atoms with E-state index in [2.05, 4.69) is 36.8 Å². The van der Waals surface area contributed by atoms with Crippen molar-refractivity contribution in [2.75, 3.05) is 33.4 Å². The summed E-state index contributed by atoms with van der Waals surface area (Å²) in [5, 5.41) is 5.59. The van der Waals surface area contributed by atoms with Crippen LogP contribution in [-0.2, 0) is 4.74 Å². The van der Waals surface area contributed by atoms with Crippen molar-refractivity contribution in [3.63, 3.8) is 0 Å². The van der Waals surface area contributed by atoms with Gasteiger partial charge in [-0.25, -0.2) is 14.4 Å². The third-order valence-electron chi connectivity index (χ3n) is 7.26. The van der Waals surface area contributed by atoms with Gasteiger partial charge in [-0.05, 0) is 54.8 Å². The zero-order chi connectivity index (χ0) is 25.9. The first-order valence-corrected chi connectivity index (χ1v) is 12.9. The zero-order valence-corrected chi connectivity index (χ0v) is 21.3. The normalized spacial score (nSPS) is 14.8. The Bertz CT molecular complexity index is 1560. The van der Waals surface area contributed by atoms with Gasteiger partial charge in [0.25, 0.3) is 0 Å². The van der Waals surface area contributed by atoms with Gasteiger partial charge in [0.15, 0.2) is 5.65 Å². The molecule has 1 aliphatic heterocycles. The van der Waals surface area contributed by atoms with Gasteiger partial charge in [0, 0.05) is 79.2 Å². The van der Waals surface area contributed by atoms with Gasteiger partial charge in [-0.1, -0.05) is 12.1 Å². The lowest BCUT2D eigenvalue weighted by Gasteiger charge is -2.31. The summed E-state index contributed by atoms with van der Waals surface area (Å²) in [7, 11) is 1.75. The molecule has 1 fully saturated rings.